The summed E-state index contributed by atoms with van der Waals surface area (Å²) in [5.74, 6) is 0.735. The highest BCUT2D eigenvalue weighted by atomic mass is 16.2. The summed E-state index contributed by atoms with van der Waals surface area (Å²) >= 11 is 0. The van der Waals surface area contributed by atoms with E-state index in [9.17, 15) is 4.79 Å². The average molecular weight is 303 g/mol. The number of rotatable bonds is 2. The molecule has 0 atom stereocenters. The lowest BCUT2D eigenvalue weighted by Gasteiger charge is -2.26. The zero-order chi connectivity index (χ0) is 15.6. The molecule has 1 radical (unpaired) electrons. The number of carbonyl (C=O) groups excluding carboxylic acids is 1. The van der Waals surface area contributed by atoms with Crippen LogP contribution in [0.25, 0.3) is 22.2 Å². The average Bonchev–Trinajstić information content (AvgIpc) is 2.62. The van der Waals surface area contributed by atoms with Gasteiger partial charge in [-0.3, -0.25) is 9.69 Å². The van der Waals surface area contributed by atoms with E-state index < -0.39 is 0 Å². The van der Waals surface area contributed by atoms with Gasteiger partial charge in [0.25, 0.3) is 0 Å². The van der Waals surface area contributed by atoms with Gasteiger partial charge in [0.15, 0.2) is 0 Å². The monoisotopic (exact) mass is 303 g/mol. The molecule has 2 aromatic heterocycles. The first-order valence-corrected chi connectivity index (χ1v) is 7.56. The van der Waals surface area contributed by atoms with Crippen LogP contribution in [0, 0.1) is 6.07 Å². The third-order valence-corrected chi connectivity index (χ3v) is 3.92. The van der Waals surface area contributed by atoms with Gasteiger partial charge in [0.2, 0.25) is 5.91 Å². The van der Waals surface area contributed by atoms with Crippen LogP contribution < -0.4 is 10.2 Å². The van der Waals surface area contributed by atoms with Crippen molar-refractivity contribution in [3.05, 3.63) is 54.7 Å². The number of pyridine rings is 2. The van der Waals surface area contributed by atoms with Crippen molar-refractivity contribution < 1.29 is 4.79 Å². The third-order valence-electron chi connectivity index (χ3n) is 3.92. The number of fused-ring (bicyclic) bond motifs is 1. The Morgan fingerprint density at radius 3 is 2.91 bits per heavy atom. The minimum absolute atomic E-state index is 0.0497. The van der Waals surface area contributed by atoms with Crippen LogP contribution in [0.2, 0.25) is 0 Å². The van der Waals surface area contributed by atoms with Crippen molar-refractivity contribution in [2.24, 2.45) is 0 Å². The fourth-order valence-corrected chi connectivity index (χ4v) is 2.70. The highest BCUT2D eigenvalue weighted by Gasteiger charge is 2.20. The molecule has 1 fully saturated rings. The second-order valence-corrected chi connectivity index (χ2v) is 5.43. The minimum Gasteiger partial charge on any atom is -0.307 e. The van der Waals surface area contributed by atoms with E-state index in [4.69, 9.17) is 0 Å². The molecule has 3 aromatic rings. The molecule has 0 spiro atoms. The molecular formula is C18H15N4O. The quantitative estimate of drug-likeness (QED) is 0.787. The Hall–Kier alpha value is -2.79. The highest BCUT2D eigenvalue weighted by molar-refractivity contribution is 5.94. The number of amides is 1. The van der Waals surface area contributed by atoms with Gasteiger partial charge in [0.1, 0.15) is 5.82 Å². The molecule has 5 nitrogen and oxygen atoms in total. The van der Waals surface area contributed by atoms with E-state index >= 15 is 0 Å². The number of nitrogens with one attached hydrogen (secondary N) is 1. The van der Waals surface area contributed by atoms with E-state index in [0.717, 1.165) is 28.7 Å². The lowest BCUT2D eigenvalue weighted by molar-refractivity contribution is -0.118. The summed E-state index contributed by atoms with van der Waals surface area (Å²) in [4.78, 5) is 22.7. The fourth-order valence-electron chi connectivity index (χ4n) is 2.70. The van der Waals surface area contributed by atoms with Crippen LogP contribution >= 0.6 is 0 Å². The van der Waals surface area contributed by atoms with E-state index in [1.807, 2.05) is 42.5 Å². The zero-order valence-corrected chi connectivity index (χ0v) is 12.5. The van der Waals surface area contributed by atoms with E-state index in [-0.39, 0.29) is 5.91 Å². The van der Waals surface area contributed by atoms with Gasteiger partial charge in [0, 0.05) is 30.2 Å². The number of carbonyl (C=O) groups is 1. The first-order valence-electron chi connectivity index (χ1n) is 7.56. The van der Waals surface area contributed by atoms with Gasteiger partial charge in [0.05, 0.1) is 17.8 Å². The predicted molar refractivity (Wildman–Crippen MR) is 89.0 cm³/mol. The van der Waals surface area contributed by atoms with Gasteiger partial charge in [-0.25, -0.2) is 9.97 Å². The first-order chi connectivity index (χ1) is 11.3. The summed E-state index contributed by atoms with van der Waals surface area (Å²) in [6, 6.07) is 16.8. The Morgan fingerprint density at radius 1 is 1.17 bits per heavy atom. The number of anilines is 1. The van der Waals surface area contributed by atoms with Gasteiger partial charge in [-0.15, -0.1) is 0 Å². The van der Waals surface area contributed by atoms with Crippen LogP contribution in [-0.4, -0.2) is 35.5 Å². The van der Waals surface area contributed by atoms with Crippen molar-refractivity contribution in [3.63, 3.8) is 0 Å². The Morgan fingerprint density at radius 2 is 2.09 bits per heavy atom. The number of para-hydroxylation sites is 1. The molecule has 0 unspecified atom stereocenters. The summed E-state index contributed by atoms with van der Waals surface area (Å²) in [6.07, 6.45) is 1.76. The Labute approximate surface area is 134 Å². The lowest BCUT2D eigenvalue weighted by Crippen LogP contribution is -2.48. The first kappa shape index (κ1) is 13.8. The molecule has 113 valence electrons. The second-order valence-electron chi connectivity index (χ2n) is 5.43. The smallest absolute Gasteiger partial charge is 0.242 e. The molecule has 23 heavy (non-hydrogen) atoms. The minimum atomic E-state index is 0.0497. The molecule has 5 heteroatoms. The summed E-state index contributed by atoms with van der Waals surface area (Å²) in [7, 11) is 0. The molecular weight excluding hydrogens is 288 g/mol. The molecule has 1 aliphatic rings. The standard InChI is InChI=1S/C18H15N4O/c23-18-12-19-9-10-22(18)17-8-6-14(11-20-17)16-7-5-13-3-1-2-4-15(13)21-16/h1-4,6-8,11,19H,9-10,12H2. The predicted octanol–water partition coefficient (Wildman–Crippen LogP) is 2.03. The summed E-state index contributed by atoms with van der Waals surface area (Å²) in [5.41, 5.74) is 2.65. The Bertz CT molecular complexity index is 860. The molecule has 1 saturated heterocycles. The number of piperazine rings is 1. The van der Waals surface area contributed by atoms with Crippen molar-refractivity contribution in [1.82, 2.24) is 15.3 Å². The number of hydrogen-bond acceptors (Lipinski definition) is 4. The maximum Gasteiger partial charge on any atom is 0.242 e. The Kier molecular flexibility index (Phi) is 3.48. The Balaban J connectivity index is 1.65. The van der Waals surface area contributed by atoms with Gasteiger partial charge in [-0.1, -0.05) is 18.2 Å². The number of aromatic nitrogens is 2. The van der Waals surface area contributed by atoms with Crippen molar-refractivity contribution >= 4 is 22.6 Å². The van der Waals surface area contributed by atoms with Crippen molar-refractivity contribution in [2.75, 3.05) is 24.5 Å². The summed E-state index contributed by atoms with van der Waals surface area (Å²) in [5, 5.41) is 4.05. The zero-order valence-electron chi connectivity index (χ0n) is 12.5. The molecule has 1 aliphatic heterocycles. The number of nitrogens with zero attached hydrogens (tertiary/aromatic N) is 3. The molecule has 0 bridgehead atoms. The molecule has 1 amide bonds. The van der Waals surface area contributed by atoms with E-state index in [0.29, 0.717) is 18.9 Å². The lowest BCUT2D eigenvalue weighted by atomic mass is 10.1. The molecule has 3 heterocycles. The largest absolute Gasteiger partial charge is 0.307 e. The molecule has 4 rings (SSSR count). The van der Waals surface area contributed by atoms with E-state index in [1.54, 1.807) is 11.1 Å². The summed E-state index contributed by atoms with van der Waals surface area (Å²) in [6.45, 7) is 1.80. The second kappa shape index (κ2) is 5.78. The summed E-state index contributed by atoms with van der Waals surface area (Å²) < 4.78 is 0. The molecule has 1 N–H and O–H groups in total. The number of benzene rings is 1. The molecule has 0 aliphatic carbocycles. The van der Waals surface area contributed by atoms with Crippen LogP contribution in [0.1, 0.15) is 0 Å². The van der Waals surface area contributed by atoms with Crippen molar-refractivity contribution in [2.45, 2.75) is 0 Å². The van der Waals surface area contributed by atoms with Gasteiger partial charge in [-0.05, 0) is 30.3 Å². The van der Waals surface area contributed by atoms with Gasteiger partial charge < -0.3 is 5.32 Å². The van der Waals surface area contributed by atoms with Crippen LogP contribution in [0.3, 0.4) is 0 Å². The van der Waals surface area contributed by atoms with Gasteiger partial charge in [-0.2, -0.15) is 0 Å². The van der Waals surface area contributed by atoms with Gasteiger partial charge >= 0.3 is 0 Å². The van der Waals surface area contributed by atoms with E-state index in [2.05, 4.69) is 21.4 Å². The van der Waals surface area contributed by atoms with Crippen molar-refractivity contribution in [1.29, 1.82) is 0 Å². The van der Waals surface area contributed by atoms with E-state index in [1.165, 1.54) is 0 Å². The van der Waals surface area contributed by atoms with Crippen LogP contribution in [0.15, 0.2) is 48.7 Å². The third kappa shape index (κ3) is 2.66. The molecule has 1 aromatic carbocycles. The fraction of sp³-hybridized carbons (Fsp3) is 0.167. The maximum atomic E-state index is 11.9. The van der Waals surface area contributed by atoms with Crippen LogP contribution in [-0.2, 0) is 4.79 Å². The van der Waals surface area contributed by atoms with Crippen LogP contribution in [0.4, 0.5) is 5.82 Å². The van der Waals surface area contributed by atoms with Crippen molar-refractivity contribution in [3.8, 4) is 11.3 Å². The SMILES string of the molecule is O=C1CNCCN1c1ccc(-c2c[c]c3ccccc3n2)cn1. The maximum absolute atomic E-state index is 11.9. The number of hydrogen-bond donors (Lipinski definition) is 1. The highest BCUT2D eigenvalue weighted by Crippen LogP contribution is 2.22. The topological polar surface area (TPSA) is 58.1 Å². The van der Waals surface area contributed by atoms with Crippen LogP contribution in [0.5, 0.6) is 0 Å². The molecule has 0 saturated carbocycles. The normalized spacial score (nSPS) is 15.1.